The normalized spacial score (nSPS) is 10.5. The van der Waals surface area contributed by atoms with Crippen LogP contribution in [0.2, 0.25) is 0 Å². The average molecular weight is 339 g/mol. The van der Waals surface area contributed by atoms with E-state index in [1.165, 1.54) is 5.56 Å². The molecule has 0 aliphatic heterocycles. The van der Waals surface area contributed by atoms with Gasteiger partial charge in [0, 0.05) is 18.1 Å². The molecule has 0 saturated heterocycles. The van der Waals surface area contributed by atoms with Crippen LogP contribution in [-0.4, -0.2) is 14.8 Å². The summed E-state index contributed by atoms with van der Waals surface area (Å²) in [6.07, 6.45) is 0. The largest absolute Gasteiger partial charge is 0.389 e. The summed E-state index contributed by atoms with van der Waals surface area (Å²) >= 11 is 8.50. The van der Waals surface area contributed by atoms with Crippen LogP contribution in [0.1, 0.15) is 16.8 Å². The smallest absolute Gasteiger partial charge is 0.134 e. The SMILES string of the molecule is Cc1nn(C)c(NCc2ccc(Br)cc2)c1C(N)=S. The maximum atomic E-state index is 5.75. The van der Waals surface area contributed by atoms with Crippen LogP contribution in [0.5, 0.6) is 0 Å². The van der Waals surface area contributed by atoms with Crippen LogP contribution < -0.4 is 11.1 Å². The Kier molecular flexibility index (Phi) is 4.21. The molecule has 0 atom stereocenters. The number of hydrogen-bond donors (Lipinski definition) is 2. The molecule has 0 aliphatic carbocycles. The fraction of sp³-hybridized carbons (Fsp3) is 0.231. The Labute approximate surface area is 126 Å². The molecule has 0 amide bonds. The van der Waals surface area contributed by atoms with E-state index >= 15 is 0 Å². The molecule has 1 aromatic carbocycles. The summed E-state index contributed by atoms with van der Waals surface area (Å²) in [5.74, 6) is 0.855. The highest BCUT2D eigenvalue weighted by atomic mass is 79.9. The molecule has 0 bridgehead atoms. The van der Waals surface area contributed by atoms with E-state index < -0.39 is 0 Å². The fourth-order valence-corrected chi connectivity index (χ4v) is 2.45. The van der Waals surface area contributed by atoms with Crippen molar-refractivity contribution in [3.8, 4) is 0 Å². The molecule has 2 rings (SSSR count). The first kappa shape index (κ1) is 14.0. The molecular formula is C13H15BrN4S. The topological polar surface area (TPSA) is 55.9 Å². The average Bonchev–Trinajstić information content (AvgIpc) is 2.63. The van der Waals surface area contributed by atoms with Gasteiger partial charge in [-0.05, 0) is 24.6 Å². The number of anilines is 1. The van der Waals surface area contributed by atoms with Gasteiger partial charge < -0.3 is 11.1 Å². The van der Waals surface area contributed by atoms with Gasteiger partial charge in [0.1, 0.15) is 10.8 Å². The van der Waals surface area contributed by atoms with Gasteiger partial charge in [-0.3, -0.25) is 4.68 Å². The predicted octanol–water partition coefficient (Wildman–Crippen LogP) is 2.74. The lowest BCUT2D eigenvalue weighted by Crippen LogP contribution is -2.14. The zero-order valence-electron chi connectivity index (χ0n) is 10.8. The van der Waals surface area contributed by atoms with E-state index in [2.05, 4.69) is 38.5 Å². The number of hydrogen-bond acceptors (Lipinski definition) is 3. The number of thiocarbonyl (C=S) groups is 1. The molecule has 19 heavy (non-hydrogen) atoms. The van der Waals surface area contributed by atoms with E-state index in [4.69, 9.17) is 18.0 Å². The van der Waals surface area contributed by atoms with E-state index in [-0.39, 0.29) is 0 Å². The van der Waals surface area contributed by atoms with Crippen LogP contribution in [0.3, 0.4) is 0 Å². The van der Waals surface area contributed by atoms with E-state index in [1.54, 1.807) is 4.68 Å². The lowest BCUT2D eigenvalue weighted by molar-refractivity contribution is 0.758. The first-order valence-corrected chi connectivity index (χ1v) is 7.01. The van der Waals surface area contributed by atoms with Crippen LogP contribution in [0.25, 0.3) is 0 Å². The molecule has 0 aliphatic rings. The molecule has 6 heteroatoms. The van der Waals surface area contributed by atoms with Gasteiger partial charge in [-0.25, -0.2) is 0 Å². The second-order valence-corrected chi connectivity index (χ2v) is 5.63. The van der Waals surface area contributed by atoms with Crippen molar-refractivity contribution in [3.63, 3.8) is 0 Å². The second kappa shape index (κ2) is 5.71. The van der Waals surface area contributed by atoms with Crippen LogP contribution in [0.4, 0.5) is 5.82 Å². The molecule has 0 radical (unpaired) electrons. The van der Waals surface area contributed by atoms with Crippen molar-refractivity contribution in [1.29, 1.82) is 0 Å². The van der Waals surface area contributed by atoms with E-state index in [0.717, 1.165) is 21.5 Å². The van der Waals surface area contributed by atoms with Gasteiger partial charge >= 0.3 is 0 Å². The number of halogens is 1. The third kappa shape index (κ3) is 3.13. The van der Waals surface area contributed by atoms with E-state index in [9.17, 15) is 0 Å². The molecule has 4 nitrogen and oxygen atoms in total. The molecule has 0 fully saturated rings. The van der Waals surface area contributed by atoms with Crippen LogP contribution >= 0.6 is 28.1 Å². The van der Waals surface area contributed by atoms with E-state index in [1.807, 2.05) is 26.1 Å². The maximum Gasteiger partial charge on any atom is 0.134 e. The first-order valence-electron chi connectivity index (χ1n) is 5.80. The molecule has 3 N–H and O–H groups in total. The molecule has 1 heterocycles. The zero-order chi connectivity index (χ0) is 14.0. The molecule has 100 valence electrons. The Bertz CT molecular complexity index is 604. The summed E-state index contributed by atoms with van der Waals surface area (Å²) in [5, 5.41) is 7.67. The van der Waals surface area contributed by atoms with Gasteiger partial charge in [0.2, 0.25) is 0 Å². The highest BCUT2D eigenvalue weighted by Crippen LogP contribution is 2.19. The summed E-state index contributed by atoms with van der Waals surface area (Å²) in [6, 6.07) is 8.14. The minimum Gasteiger partial charge on any atom is -0.389 e. The quantitative estimate of drug-likeness (QED) is 0.841. The van der Waals surface area contributed by atoms with Gasteiger partial charge in [0.05, 0.1) is 11.3 Å². The van der Waals surface area contributed by atoms with Crippen molar-refractivity contribution < 1.29 is 0 Å². The lowest BCUT2D eigenvalue weighted by Gasteiger charge is -2.09. The van der Waals surface area contributed by atoms with Crippen molar-refractivity contribution in [2.75, 3.05) is 5.32 Å². The van der Waals surface area contributed by atoms with E-state index in [0.29, 0.717) is 11.5 Å². The minimum atomic E-state index is 0.365. The van der Waals surface area contributed by atoms with Gasteiger partial charge in [-0.2, -0.15) is 5.10 Å². The summed E-state index contributed by atoms with van der Waals surface area (Å²) in [7, 11) is 1.87. The third-order valence-electron chi connectivity index (χ3n) is 2.84. The van der Waals surface area contributed by atoms with Crippen molar-refractivity contribution in [2.45, 2.75) is 13.5 Å². The molecular weight excluding hydrogens is 324 g/mol. The molecule has 2 aromatic rings. The summed E-state index contributed by atoms with van der Waals surface area (Å²) < 4.78 is 2.83. The molecule has 1 aromatic heterocycles. The fourth-order valence-electron chi connectivity index (χ4n) is 1.94. The van der Waals surface area contributed by atoms with Crippen molar-refractivity contribution in [2.24, 2.45) is 12.8 Å². The van der Waals surface area contributed by atoms with Crippen molar-refractivity contribution >= 4 is 39.0 Å². The van der Waals surface area contributed by atoms with Crippen LogP contribution in [0, 0.1) is 6.92 Å². The predicted molar refractivity (Wildman–Crippen MR) is 85.3 cm³/mol. The second-order valence-electron chi connectivity index (χ2n) is 4.28. The molecule has 0 saturated carbocycles. The molecule has 0 unspecified atom stereocenters. The number of rotatable bonds is 4. The summed E-state index contributed by atoms with van der Waals surface area (Å²) in [5.41, 5.74) is 8.58. The monoisotopic (exact) mass is 338 g/mol. The highest BCUT2D eigenvalue weighted by molar-refractivity contribution is 9.10. The Hall–Kier alpha value is -1.40. The Morgan fingerprint density at radius 2 is 2.05 bits per heavy atom. The van der Waals surface area contributed by atoms with Crippen LogP contribution in [0.15, 0.2) is 28.7 Å². The number of nitrogens with one attached hydrogen (secondary N) is 1. The number of nitrogens with zero attached hydrogens (tertiary/aromatic N) is 2. The zero-order valence-corrected chi connectivity index (χ0v) is 13.2. The number of aryl methyl sites for hydroxylation is 2. The number of benzene rings is 1. The number of nitrogens with two attached hydrogens (primary N) is 1. The van der Waals surface area contributed by atoms with Gasteiger partial charge in [-0.1, -0.05) is 40.3 Å². The third-order valence-corrected chi connectivity index (χ3v) is 3.57. The first-order chi connectivity index (χ1) is 8.99. The van der Waals surface area contributed by atoms with Crippen molar-refractivity contribution in [3.05, 3.63) is 45.6 Å². The Morgan fingerprint density at radius 3 is 2.63 bits per heavy atom. The minimum absolute atomic E-state index is 0.365. The summed E-state index contributed by atoms with van der Waals surface area (Å²) in [6.45, 7) is 2.60. The Morgan fingerprint density at radius 1 is 1.42 bits per heavy atom. The van der Waals surface area contributed by atoms with Crippen molar-refractivity contribution in [1.82, 2.24) is 9.78 Å². The number of aromatic nitrogens is 2. The maximum absolute atomic E-state index is 5.75. The lowest BCUT2D eigenvalue weighted by atomic mass is 10.2. The van der Waals surface area contributed by atoms with Gasteiger partial charge in [-0.15, -0.1) is 0 Å². The van der Waals surface area contributed by atoms with Gasteiger partial charge in [0.25, 0.3) is 0 Å². The highest BCUT2D eigenvalue weighted by Gasteiger charge is 2.14. The van der Waals surface area contributed by atoms with Gasteiger partial charge in [0.15, 0.2) is 0 Å². The standard InChI is InChI=1S/C13H15BrN4S/c1-8-11(12(15)19)13(18(2)17-8)16-7-9-3-5-10(14)6-4-9/h3-6,16H,7H2,1-2H3,(H2,15,19). The Balaban J connectivity index is 2.20. The molecule has 0 spiro atoms. The van der Waals surface area contributed by atoms with Crippen LogP contribution in [-0.2, 0) is 13.6 Å². The summed E-state index contributed by atoms with van der Waals surface area (Å²) in [4.78, 5) is 0.365.